The van der Waals surface area contributed by atoms with Gasteiger partial charge in [0.1, 0.15) is 0 Å². The molecule has 0 radical (unpaired) electrons. The smallest absolute Gasteiger partial charge is 0.0659 e. The lowest BCUT2D eigenvalue weighted by Crippen LogP contribution is -2.18. The normalized spacial score (nSPS) is 17.1. The predicted octanol–water partition coefficient (Wildman–Crippen LogP) is 3.12. The summed E-state index contributed by atoms with van der Waals surface area (Å²) in [5.41, 5.74) is 9.92. The van der Waals surface area contributed by atoms with Crippen LogP contribution in [0.3, 0.4) is 0 Å². The first-order chi connectivity index (χ1) is 8.16. The Morgan fingerprint density at radius 3 is 2.76 bits per heavy atom. The molecule has 0 saturated heterocycles. The van der Waals surface area contributed by atoms with Gasteiger partial charge in [-0.2, -0.15) is 0 Å². The topological polar surface area (TPSA) is 35.2 Å². The van der Waals surface area contributed by atoms with Crippen LogP contribution in [0.15, 0.2) is 18.2 Å². The quantitative estimate of drug-likeness (QED) is 0.766. The number of hydrogen-bond donors (Lipinski definition) is 1. The average Bonchev–Trinajstić information content (AvgIpc) is 3.08. The van der Waals surface area contributed by atoms with E-state index in [1.165, 1.54) is 36.0 Å². The van der Waals surface area contributed by atoms with Crippen LogP contribution in [-0.2, 0) is 4.74 Å². The summed E-state index contributed by atoms with van der Waals surface area (Å²) in [6.07, 6.45) is 4.00. The zero-order chi connectivity index (χ0) is 12.3. The molecule has 1 aromatic rings. The molecule has 1 aromatic carbocycles. The van der Waals surface area contributed by atoms with Gasteiger partial charge in [0.2, 0.25) is 0 Å². The van der Waals surface area contributed by atoms with Crippen molar-refractivity contribution in [1.29, 1.82) is 0 Å². The Morgan fingerprint density at radius 1 is 1.35 bits per heavy atom. The van der Waals surface area contributed by atoms with Gasteiger partial charge in [0, 0.05) is 6.61 Å². The fraction of sp³-hybridized carbons (Fsp3) is 0.600. The van der Waals surface area contributed by atoms with Crippen molar-refractivity contribution in [2.75, 3.05) is 13.2 Å². The minimum absolute atomic E-state index is 0.00908. The molecule has 0 amide bonds. The van der Waals surface area contributed by atoms with Crippen LogP contribution in [0.4, 0.5) is 0 Å². The lowest BCUT2D eigenvalue weighted by molar-refractivity contribution is 0.115. The van der Waals surface area contributed by atoms with Crippen LogP contribution in [0, 0.1) is 19.8 Å². The molecular weight excluding hydrogens is 210 g/mol. The molecule has 2 rings (SSSR count). The van der Waals surface area contributed by atoms with E-state index in [-0.39, 0.29) is 6.04 Å². The number of nitrogens with two attached hydrogens (primary N) is 1. The van der Waals surface area contributed by atoms with Crippen molar-refractivity contribution in [2.45, 2.75) is 39.2 Å². The molecular formula is C15H23NO. The second-order valence-corrected chi connectivity index (χ2v) is 5.27. The number of benzene rings is 1. The predicted molar refractivity (Wildman–Crippen MR) is 71.0 cm³/mol. The molecule has 1 fully saturated rings. The summed E-state index contributed by atoms with van der Waals surface area (Å²) in [5.74, 6) is 0.937. The van der Waals surface area contributed by atoms with Gasteiger partial charge in [0.15, 0.2) is 0 Å². The van der Waals surface area contributed by atoms with Crippen molar-refractivity contribution < 1.29 is 4.74 Å². The summed E-state index contributed by atoms with van der Waals surface area (Å²) >= 11 is 0. The summed E-state index contributed by atoms with van der Waals surface area (Å²) in [7, 11) is 0. The van der Waals surface area contributed by atoms with Crippen molar-refractivity contribution in [3.8, 4) is 0 Å². The number of hydrogen-bond acceptors (Lipinski definition) is 2. The van der Waals surface area contributed by atoms with E-state index >= 15 is 0 Å². The highest BCUT2D eigenvalue weighted by Crippen LogP contribution is 2.32. The molecule has 2 heteroatoms. The maximum atomic E-state index is 6.15. The van der Waals surface area contributed by atoms with E-state index in [9.17, 15) is 0 Å². The molecule has 2 N–H and O–H groups in total. The van der Waals surface area contributed by atoms with E-state index < -0.39 is 0 Å². The van der Waals surface area contributed by atoms with Gasteiger partial charge in [-0.1, -0.05) is 36.6 Å². The monoisotopic (exact) mass is 233 g/mol. The number of ether oxygens (including phenoxy) is 1. The Hall–Kier alpha value is -0.860. The number of rotatable bonds is 6. The van der Waals surface area contributed by atoms with Gasteiger partial charge in [0.05, 0.1) is 12.6 Å². The van der Waals surface area contributed by atoms with Crippen LogP contribution in [-0.4, -0.2) is 13.2 Å². The molecule has 0 spiro atoms. The first-order valence-electron chi connectivity index (χ1n) is 6.57. The fourth-order valence-electron chi connectivity index (χ4n) is 2.20. The van der Waals surface area contributed by atoms with Gasteiger partial charge < -0.3 is 10.5 Å². The van der Waals surface area contributed by atoms with Crippen molar-refractivity contribution in [3.05, 3.63) is 34.9 Å². The molecule has 1 unspecified atom stereocenters. The van der Waals surface area contributed by atoms with Crippen LogP contribution in [0.5, 0.6) is 0 Å². The maximum absolute atomic E-state index is 6.15. The van der Waals surface area contributed by atoms with E-state index in [1.54, 1.807) is 0 Å². The first-order valence-corrected chi connectivity index (χ1v) is 6.57. The van der Waals surface area contributed by atoms with Crippen LogP contribution < -0.4 is 5.73 Å². The Balaban J connectivity index is 1.78. The van der Waals surface area contributed by atoms with E-state index in [2.05, 4.69) is 32.0 Å². The molecule has 0 aliphatic heterocycles. The first kappa shape index (κ1) is 12.6. The Kier molecular flexibility index (Phi) is 4.19. The molecule has 0 bridgehead atoms. The molecule has 94 valence electrons. The molecule has 17 heavy (non-hydrogen) atoms. The van der Waals surface area contributed by atoms with Crippen LogP contribution in [0.2, 0.25) is 0 Å². The van der Waals surface area contributed by atoms with Crippen molar-refractivity contribution in [1.82, 2.24) is 0 Å². The summed E-state index contributed by atoms with van der Waals surface area (Å²) in [6, 6.07) is 6.43. The van der Waals surface area contributed by atoms with Crippen LogP contribution >= 0.6 is 0 Å². The van der Waals surface area contributed by atoms with E-state index in [1.807, 2.05) is 0 Å². The molecule has 1 aliphatic rings. The van der Waals surface area contributed by atoms with E-state index in [4.69, 9.17) is 10.5 Å². The largest absolute Gasteiger partial charge is 0.379 e. The summed E-state index contributed by atoms with van der Waals surface area (Å²) in [4.78, 5) is 0. The third-order valence-electron chi connectivity index (χ3n) is 3.49. The third kappa shape index (κ3) is 3.83. The number of aryl methyl sites for hydroxylation is 2. The second kappa shape index (κ2) is 5.65. The van der Waals surface area contributed by atoms with Crippen molar-refractivity contribution >= 4 is 0 Å². The van der Waals surface area contributed by atoms with Gasteiger partial charge in [-0.05, 0) is 37.3 Å². The summed E-state index contributed by atoms with van der Waals surface area (Å²) in [5, 5.41) is 0. The lowest BCUT2D eigenvalue weighted by atomic mass is 10.0. The zero-order valence-corrected chi connectivity index (χ0v) is 10.9. The summed E-state index contributed by atoms with van der Waals surface area (Å²) in [6.45, 7) is 5.72. The highest BCUT2D eigenvalue weighted by atomic mass is 16.5. The van der Waals surface area contributed by atoms with Crippen LogP contribution in [0.25, 0.3) is 0 Å². The third-order valence-corrected chi connectivity index (χ3v) is 3.49. The SMILES string of the molecule is Cc1ccc(C(N)COCCC2CC2)c(C)c1. The molecule has 2 nitrogen and oxygen atoms in total. The lowest BCUT2D eigenvalue weighted by Gasteiger charge is -2.15. The average molecular weight is 233 g/mol. The van der Waals surface area contributed by atoms with Crippen LogP contribution in [0.1, 0.15) is 42.0 Å². The van der Waals surface area contributed by atoms with Crippen molar-refractivity contribution in [2.24, 2.45) is 11.7 Å². The minimum Gasteiger partial charge on any atom is -0.379 e. The molecule has 0 heterocycles. The highest BCUT2D eigenvalue weighted by molar-refractivity contribution is 5.32. The van der Waals surface area contributed by atoms with Gasteiger partial charge in [0.25, 0.3) is 0 Å². The fourth-order valence-corrected chi connectivity index (χ4v) is 2.20. The maximum Gasteiger partial charge on any atom is 0.0659 e. The van der Waals surface area contributed by atoms with Crippen molar-refractivity contribution in [3.63, 3.8) is 0 Å². The molecule has 1 atom stereocenters. The summed E-state index contributed by atoms with van der Waals surface area (Å²) < 4.78 is 5.66. The Labute approximate surface area is 104 Å². The minimum atomic E-state index is 0.00908. The van der Waals surface area contributed by atoms with E-state index in [0.29, 0.717) is 6.61 Å². The van der Waals surface area contributed by atoms with Gasteiger partial charge in [-0.15, -0.1) is 0 Å². The Bertz CT molecular complexity index is 371. The molecule has 1 aliphatic carbocycles. The Morgan fingerprint density at radius 2 is 2.12 bits per heavy atom. The molecule has 1 saturated carbocycles. The van der Waals surface area contributed by atoms with Gasteiger partial charge >= 0.3 is 0 Å². The standard InChI is InChI=1S/C15H23NO/c1-11-3-6-14(12(2)9-11)15(16)10-17-8-7-13-4-5-13/h3,6,9,13,15H,4-5,7-8,10,16H2,1-2H3. The van der Waals surface area contributed by atoms with E-state index in [0.717, 1.165) is 12.5 Å². The van der Waals surface area contributed by atoms with Gasteiger partial charge in [-0.3, -0.25) is 0 Å². The molecule has 0 aromatic heterocycles. The zero-order valence-electron chi connectivity index (χ0n) is 10.9. The van der Waals surface area contributed by atoms with Gasteiger partial charge in [-0.25, -0.2) is 0 Å². The second-order valence-electron chi connectivity index (χ2n) is 5.27. The highest BCUT2D eigenvalue weighted by Gasteiger charge is 2.20.